The van der Waals surface area contributed by atoms with Gasteiger partial charge in [-0.1, -0.05) is 39.0 Å². The minimum Gasteiger partial charge on any atom is -0.466 e. The molecule has 0 spiro atoms. The highest BCUT2D eigenvalue weighted by molar-refractivity contribution is 5.95. The molecule has 16 heavy (non-hydrogen) atoms. The predicted molar refractivity (Wildman–Crippen MR) is 64.2 cm³/mol. The van der Waals surface area contributed by atoms with Crippen LogP contribution in [0, 0.1) is 0 Å². The van der Waals surface area contributed by atoms with E-state index >= 15 is 0 Å². The van der Waals surface area contributed by atoms with Crippen molar-refractivity contribution < 1.29 is 14.3 Å². The van der Waals surface area contributed by atoms with Gasteiger partial charge in [0.15, 0.2) is 5.78 Å². The number of ether oxygens (including phenoxy) is 1. The van der Waals surface area contributed by atoms with Gasteiger partial charge in [-0.3, -0.25) is 4.79 Å². The summed E-state index contributed by atoms with van der Waals surface area (Å²) < 4.78 is 4.39. The van der Waals surface area contributed by atoms with Gasteiger partial charge >= 0.3 is 5.97 Å². The van der Waals surface area contributed by atoms with E-state index in [1.165, 1.54) is 44.9 Å². The molecule has 0 atom stereocenters. The lowest BCUT2D eigenvalue weighted by Crippen LogP contribution is -1.98. The fourth-order valence-electron chi connectivity index (χ4n) is 1.39. The average molecular weight is 226 g/mol. The first-order valence-corrected chi connectivity index (χ1v) is 5.99. The first-order valence-electron chi connectivity index (χ1n) is 5.99. The topological polar surface area (TPSA) is 43.4 Å². The van der Waals surface area contributed by atoms with E-state index in [4.69, 9.17) is 0 Å². The van der Waals surface area contributed by atoms with Gasteiger partial charge in [-0.2, -0.15) is 0 Å². The van der Waals surface area contributed by atoms with Gasteiger partial charge in [0.25, 0.3) is 0 Å². The molecule has 0 aromatic rings. The molecular weight excluding hydrogens is 204 g/mol. The highest BCUT2D eigenvalue weighted by Crippen LogP contribution is 2.07. The Morgan fingerprint density at radius 2 is 1.62 bits per heavy atom. The van der Waals surface area contributed by atoms with Crippen LogP contribution in [0.15, 0.2) is 12.2 Å². The second kappa shape index (κ2) is 10.4. The summed E-state index contributed by atoms with van der Waals surface area (Å²) in [6.45, 7) is 2.18. The number of methoxy groups -OCH3 is 1. The molecule has 0 aliphatic rings. The summed E-state index contributed by atoms with van der Waals surface area (Å²) >= 11 is 0. The highest BCUT2D eigenvalue weighted by atomic mass is 16.5. The summed E-state index contributed by atoms with van der Waals surface area (Å²) in [7, 11) is 1.30. The van der Waals surface area contributed by atoms with E-state index in [0.717, 1.165) is 12.8 Å². The molecule has 0 fully saturated rings. The Morgan fingerprint density at radius 3 is 2.25 bits per heavy atom. The fourth-order valence-corrected chi connectivity index (χ4v) is 1.39. The van der Waals surface area contributed by atoms with Crippen LogP contribution >= 0.6 is 0 Å². The molecular formula is C13H22O3. The smallest absolute Gasteiger partial charge is 0.330 e. The van der Waals surface area contributed by atoms with E-state index < -0.39 is 5.97 Å². The van der Waals surface area contributed by atoms with Gasteiger partial charge in [-0.05, 0) is 12.5 Å². The van der Waals surface area contributed by atoms with Crippen LogP contribution in [0.2, 0.25) is 0 Å². The molecule has 0 bridgehead atoms. The molecule has 0 saturated carbocycles. The normalized spacial score (nSPS) is 10.6. The van der Waals surface area contributed by atoms with Crippen LogP contribution in [0.3, 0.4) is 0 Å². The van der Waals surface area contributed by atoms with Crippen molar-refractivity contribution in [2.45, 2.75) is 51.9 Å². The summed E-state index contributed by atoms with van der Waals surface area (Å²) in [5.74, 6) is -0.475. The zero-order valence-corrected chi connectivity index (χ0v) is 10.3. The highest BCUT2D eigenvalue weighted by Gasteiger charge is 1.98. The molecule has 0 aromatic heterocycles. The van der Waals surface area contributed by atoms with Gasteiger partial charge in [0.2, 0.25) is 0 Å². The van der Waals surface area contributed by atoms with E-state index in [-0.39, 0.29) is 5.78 Å². The third-order valence-corrected chi connectivity index (χ3v) is 2.38. The molecule has 3 heteroatoms. The van der Waals surface area contributed by atoms with Crippen LogP contribution < -0.4 is 0 Å². The molecule has 0 rings (SSSR count). The number of carbonyl (C=O) groups is 2. The summed E-state index contributed by atoms with van der Waals surface area (Å²) in [6, 6.07) is 0. The standard InChI is InChI=1S/C13H22O3/c1-3-4-5-6-7-8-9-12(14)10-11-13(15)16-2/h10-11H,3-9H2,1-2H3/b11-10-. The Kier molecular flexibility index (Phi) is 9.67. The van der Waals surface area contributed by atoms with Crippen LogP contribution in [-0.2, 0) is 14.3 Å². The van der Waals surface area contributed by atoms with E-state index in [0.29, 0.717) is 6.42 Å². The van der Waals surface area contributed by atoms with Crippen molar-refractivity contribution in [1.29, 1.82) is 0 Å². The molecule has 0 heterocycles. The maximum absolute atomic E-state index is 11.3. The molecule has 0 saturated heterocycles. The average Bonchev–Trinajstić information content (AvgIpc) is 2.30. The number of carbonyl (C=O) groups excluding carboxylic acids is 2. The lowest BCUT2D eigenvalue weighted by molar-refractivity contribution is -0.135. The van der Waals surface area contributed by atoms with Crippen LogP contribution in [0.25, 0.3) is 0 Å². The minimum absolute atomic E-state index is 0.000825. The third kappa shape index (κ3) is 9.44. The molecule has 0 radical (unpaired) electrons. The number of ketones is 1. The SMILES string of the molecule is CCCCCCCCC(=O)/C=C\C(=O)OC. The monoisotopic (exact) mass is 226 g/mol. The molecule has 0 amide bonds. The zero-order chi connectivity index (χ0) is 12.2. The largest absolute Gasteiger partial charge is 0.466 e. The minimum atomic E-state index is -0.476. The Bertz CT molecular complexity index is 231. The Balaban J connectivity index is 3.44. The maximum atomic E-state index is 11.3. The lowest BCUT2D eigenvalue weighted by Gasteiger charge is -1.98. The van der Waals surface area contributed by atoms with Gasteiger partial charge < -0.3 is 4.74 Å². The zero-order valence-electron chi connectivity index (χ0n) is 10.3. The number of hydrogen-bond donors (Lipinski definition) is 0. The van der Waals surface area contributed by atoms with E-state index in [1.54, 1.807) is 0 Å². The molecule has 0 unspecified atom stereocenters. The number of unbranched alkanes of at least 4 members (excludes halogenated alkanes) is 5. The van der Waals surface area contributed by atoms with Crippen LogP contribution in [0.4, 0.5) is 0 Å². The van der Waals surface area contributed by atoms with Gasteiger partial charge in [0, 0.05) is 12.5 Å². The molecule has 0 aliphatic carbocycles. The fraction of sp³-hybridized carbons (Fsp3) is 0.692. The second-order valence-corrected chi connectivity index (χ2v) is 3.84. The number of hydrogen-bond acceptors (Lipinski definition) is 3. The van der Waals surface area contributed by atoms with E-state index in [2.05, 4.69) is 11.7 Å². The number of rotatable bonds is 9. The van der Waals surface area contributed by atoms with Crippen molar-refractivity contribution in [3.8, 4) is 0 Å². The molecule has 92 valence electrons. The van der Waals surface area contributed by atoms with Crippen LogP contribution in [-0.4, -0.2) is 18.9 Å². The Morgan fingerprint density at radius 1 is 1.00 bits per heavy atom. The lowest BCUT2D eigenvalue weighted by atomic mass is 10.1. The van der Waals surface area contributed by atoms with Gasteiger partial charge in [0.05, 0.1) is 7.11 Å². The first-order chi connectivity index (χ1) is 7.70. The molecule has 0 aliphatic heterocycles. The first kappa shape index (κ1) is 14.9. The summed E-state index contributed by atoms with van der Waals surface area (Å²) in [4.78, 5) is 22.0. The number of esters is 1. The Hall–Kier alpha value is -1.12. The third-order valence-electron chi connectivity index (χ3n) is 2.38. The van der Waals surface area contributed by atoms with E-state index in [1.807, 2.05) is 0 Å². The molecule has 0 aromatic carbocycles. The molecule has 3 nitrogen and oxygen atoms in total. The van der Waals surface area contributed by atoms with Crippen molar-refractivity contribution in [2.24, 2.45) is 0 Å². The number of allylic oxidation sites excluding steroid dienone is 1. The summed E-state index contributed by atoms with van der Waals surface area (Å²) in [5.41, 5.74) is 0. The maximum Gasteiger partial charge on any atom is 0.330 e. The summed E-state index contributed by atoms with van der Waals surface area (Å²) in [5, 5.41) is 0. The quantitative estimate of drug-likeness (QED) is 0.345. The van der Waals surface area contributed by atoms with Gasteiger partial charge in [-0.15, -0.1) is 0 Å². The van der Waals surface area contributed by atoms with Crippen molar-refractivity contribution in [2.75, 3.05) is 7.11 Å². The van der Waals surface area contributed by atoms with Crippen LogP contribution in [0.5, 0.6) is 0 Å². The van der Waals surface area contributed by atoms with Crippen LogP contribution in [0.1, 0.15) is 51.9 Å². The van der Waals surface area contributed by atoms with Gasteiger partial charge in [-0.25, -0.2) is 4.79 Å². The van der Waals surface area contributed by atoms with E-state index in [9.17, 15) is 9.59 Å². The predicted octanol–water partition coefficient (Wildman–Crippen LogP) is 3.04. The van der Waals surface area contributed by atoms with Gasteiger partial charge in [0.1, 0.15) is 0 Å². The van der Waals surface area contributed by atoms with Crippen molar-refractivity contribution in [3.63, 3.8) is 0 Å². The van der Waals surface area contributed by atoms with Crippen molar-refractivity contribution >= 4 is 11.8 Å². The van der Waals surface area contributed by atoms with Crippen molar-refractivity contribution in [1.82, 2.24) is 0 Å². The Labute approximate surface area is 97.9 Å². The second-order valence-electron chi connectivity index (χ2n) is 3.84. The molecule has 0 N–H and O–H groups in total. The van der Waals surface area contributed by atoms with Crippen molar-refractivity contribution in [3.05, 3.63) is 12.2 Å². The summed E-state index contributed by atoms with van der Waals surface area (Å²) in [6.07, 6.45) is 9.98.